The molecule has 0 atom stereocenters. The van der Waals surface area contributed by atoms with Gasteiger partial charge in [0.15, 0.2) is 10.0 Å². The standard InChI is InChI=1S/C13H11ClF2N4O3S2/c1-6-5-7(2)18-12(17-6)19-13(21)20-25(22,23)11-8(3-4-24-11)9(15)10(14)16/h3-5H,1-2H3,(H2,17,18,19,20,21)/b10-9+. The van der Waals surface area contributed by atoms with E-state index in [2.05, 4.69) is 15.3 Å². The highest BCUT2D eigenvalue weighted by molar-refractivity contribution is 7.92. The van der Waals surface area contributed by atoms with Gasteiger partial charge in [0.25, 0.3) is 10.0 Å². The van der Waals surface area contributed by atoms with Crippen molar-refractivity contribution in [2.45, 2.75) is 18.1 Å². The zero-order valence-corrected chi connectivity index (χ0v) is 15.2. The molecule has 0 aliphatic carbocycles. The highest BCUT2D eigenvalue weighted by Gasteiger charge is 2.26. The van der Waals surface area contributed by atoms with Crippen molar-refractivity contribution in [2.75, 3.05) is 5.32 Å². The molecule has 0 spiro atoms. The second-order valence-electron chi connectivity index (χ2n) is 4.73. The third-order valence-corrected chi connectivity index (χ3v) is 5.69. The number of hydrogen-bond donors (Lipinski definition) is 2. The largest absolute Gasteiger partial charge is 0.335 e. The van der Waals surface area contributed by atoms with Crippen LogP contribution in [0.2, 0.25) is 0 Å². The van der Waals surface area contributed by atoms with E-state index in [1.165, 1.54) is 5.38 Å². The van der Waals surface area contributed by atoms with Crippen LogP contribution >= 0.6 is 22.9 Å². The minimum Gasteiger partial charge on any atom is -0.275 e. The molecule has 134 valence electrons. The number of carbonyl (C=O) groups is 1. The maximum absolute atomic E-state index is 13.6. The Bertz CT molecular complexity index is 936. The van der Waals surface area contributed by atoms with Crippen molar-refractivity contribution >= 4 is 50.8 Å². The van der Waals surface area contributed by atoms with E-state index >= 15 is 0 Å². The third-order valence-electron chi connectivity index (χ3n) is 2.71. The van der Waals surface area contributed by atoms with Gasteiger partial charge in [0.2, 0.25) is 11.2 Å². The molecular weight excluding hydrogens is 398 g/mol. The normalized spacial score (nSPS) is 12.5. The van der Waals surface area contributed by atoms with E-state index in [1.54, 1.807) is 24.6 Å². The molecule has 0 saturated heterocycles. The molecule has 0 bridgehead atoms. The SMILES string of the molecule is Cc1cc(C)nc(NC(=O)NS(=O)(=O)c2sccc2/C(F)=C(\F)Cl)n1. The van der Waals surface area contributed by atoms with Crippen LogP contribution in [0, 0.1) is 13.8 Å². The van der Waals surface area contributed by atoms with Crippen molar-refractivity contribution in [3.05, 3.63) is 39.8 Å². The van der Waals surface area contributed by atoms with Crippen molar-refractivity contribution in [1.29, 1.82) is 0 Å². The first-order valence-electron chi connectivity index (χ1n) is 6.55. The van der Waals surface area contributed by atoms with Gasteiger partial charge in [-0.2, -0.15) is 4.39 Å². The number of rotatable bonds is 4. The first-order chi connectivity index (χ1) is 11.6. The summed E-state index contributed by atoms with van der Waals surface area (Å²) in [6.45, 7) is 3.34. The molecule has 2 rings (SSSR count). The topological polar surface area (TPSA) is 101 Å². The van der Waals surface area contributed by atoms with Crippen molar-refractivity contribution < 1.29 is 22.0 Å². The van der Waals surface area contributed by atoms with E-state index in [-0.39, 0.29) is 5.95 Å². The van der Waals surface area contributed by atoms with Crippen LogP contribution in [-0.2, 0) is 10.0 Å². The van der Waals surface area contributed by atoms with Gasteiger partial charge in [0, 0.05) is 17.0 Å². The maximum Gasteiger partial charge on any atom is 0.335 e. The van der Waals surface area contributed by atoms with Gasteiger partial charge in [-0.3, -0.25) is 5.32 Å². The minimum atomic E-state index is -4.46. The summed E-state index contributed by atoms with van der Waals surface area (Å²) in [4.78, 5) is 19.7. The number of urea groups is 1. The summed E-state index contributed by atoms with van der Waals surface area (Å²) in [5, 5.41) is 1.69. The predicted molar refractivity (Wildman–Crippen MR) is 90.2 cm³/mol. The Hall–Kier alpha value is -2.11. The van der Waals surface area contributed by atoms with Crippen LogP contribution in [0.4, 0.5) is 19.5 Å². The van der Waals surface area contributed by atoms with Crippen LogP contribution < -0.4 is 10.0 Å². The van der Waals surface area contributed by atoms with Crippen molar-refractivity contribution in [3.63, 3.8) is 0 Å². The van der Waals surface area contributed by atoms with Gasteiger partial charge in [-0.1, -0.05) is 0 Å². The number of aromatic nitrogens is 2. The van der Waals surface area contributed by atoms with E-state index in [9.17, 15) is 22.0 Å². The molecule has 12 heteroatoms. The second-order valence-corrected chi connectivity index (χ2v) is 7.86. The molecule has 0 aromatic carbocycles. The number of aryl methyl sites for hydroxylation is 2. The smallest absolute Gasteiger partial charge is 0.275 e. The van der Waals surface area contributed by atoms with Crippen molar-refractivity contribution in [2.24, 2.45) is 0 Å². The zero-order chi connectivity index (χ0) is 18.8. The lowest BCUT2D eigenvalue weighted by atomic mass is 10.3. The Morgan fingerprint density at radius 3 is 2.40 bits per heavy atom. The minimum absolute atomic E-state index is 0.102. The molecule has 0 aliphatic heterocycles. The number of anilines is 1. The number of carbonyl (C=O) groups excluding carboxylic acids is 1. The molecule has 25 heavy (non-hydrogen) atoms. The molecular formula is C13H11ClF2N4O3S2. The molecule has 2 aromatic rings. The summed E-state index contributed by atoms with van der Waals surface area (Å²) in [6.07, 6.45) is 0. The van der Waals surface area contributed by atoms with Gasteiger partial charge in [0.05, 0.1) is 0 Å². The number of thiophene rings is 1. The number of amides is 2. The third kappa shape index (κ3) is 4.71. The van der Waals surface area contributed by atoms with E-state index in [4.69, 9.17) is 11.6 Å². The van der Waals surface area contributed by atoms with Gasteiger partial charge < -0.3 is 0 Å². The number of halogens is 3. The Labute approximate surface area is 150 Å². The summed E-state index contributed by atoms with van der Waals surface area (Å²) >= 11 is 5.51. The molecule has 0 radical (unpaired) electrons. The molecule has 2 heterocycles. The van der Waals surface area contributed by atoms with E-state index < -0.39 is 36.9 Å². The molecule has 2 N–H and O–H groups in total. The van der Waals surface area contributed by atoms with Crippen LogP contribution in [0.25, 0.3) is 5.83 Å². The van der Waals surface area contributed by atoms with E-state index in [0.717, 1.165) is 6.07 Å². The molecule has 0 saturated carbocycles. The monoisotopic (exact) mass is 408 g/mol. The lowest BCUT2D eigenvalue weighted by molar-refractivity contribution is 0.256. The fourth-order valence-electron chi connectivity index (χ4n) is 1.85. The summed E-state index contributed by atoms with van der Waals surface area (Å²) < 4.78 is 52.0. The number of nitrogens with zero attached hydrogens (tertiary/aromatic N) is 2. The fraction of sp³-hybridized carbons (Fsp3) is 0.154. The Balaban J connectivity index is 2.23. The van der Waals surface area contributed by atoms with Crippen LogP contribution in [0.3, 0.4) is 0 Å². The highest BCUT2D eigenvalue weighted by atomic mass is 35.5. The average Bonchev–Trinajstić information content (AvgIpc) is 2.94. The quantitative estimate of drug-likeness (QED) is 0.806. The van der Waals surface area contributed by atoms with Gasteiger partial charge in [-0.05, 0) is 43.0 Å². The first-order valence-corrected chi connectivity index (χ1v) is 9.29. The number of nitrogens with one attached hydrogen (secondary N) is 2. The van der Waals surface area contributed by atoms with Crippen molar-refractivity contribution in [1.82, 2.24) is 14.7 Å². The van der Waals surface area contributed by atoms with E-state index in [1.807, 2.05) is 0 Å². The van der Waals surface area contributed by atoms with Gasteiger partial charge in [0.1, 0.15) is 0 Å². The van der Waals surface area contributed by atoms with Gasteiger partial charge in [-0.15, -0.1) is 11.3 Å². The molecule has 2 aromatic heterocycles. The molecule has 2 amide bonds. The summed E-state index contributed by atoms with van der Waals surface area (Å²) in [5.74, 6) is -1.64. The zero-order valence-electron chi connectivity index (χ0n) is 12.8. The first kappa shape index (κ1) is 19.2. The fourth-order valence-corrected chi connectivity index (χ4v) is 4.19. The van der Waals surface area contributed by atoms with Gasteiger partial charge >= 0.3 is 6.03 Å². The molecule has 0 aliphatic rings. The van der Waals surface area contributed by atoms with Crippen LogP contribution in [-0.4, -0.2) is 24.4 Å². The predicted octanol–water partition coefficient (Wildman–Crippen LogP) is 3.47. The lowest BCUT2D eigenvalue weighted by Crippen LogP contribution is -2.34. The maximum atomic E-state index is 13.6. The lowest BCUT2D eigenvalue weighted by Gasteiger charge is -2.08. The molecule has 0 unspecified atom stereocenters. The molecule has 7 nitrogen and oxygen atoms in total. The van der Waals surface area contributed by atoms with E-state index in [0.29, 0.717) is 22.7 Å². The molecule has 0 fully saturated rings. The number of sulfonamides is 1. The van der Waals surface area contributed by atoms with Gasteiger partial charge in [-0.25, -0.2) is 32.3 Å². The van der Waals surface area contributed by atoms with Crippen LogP contribution in [0.5, 0.6) is 0 Å². The Kier molecular flexibility index (Phi) is 5.70. The van der Waals surface area contributed by atoms with Crippen LogP contribution in [0.15, 0.2) is 27.0 Å². The number of hydrogen-bond acceptors (Lipinski definition) is 6. The summed E-state index contributed by atoms with van der Waals surface area (Å²) in [5.41, 5.74) is 0.549. The summed E-state index contributed by atoms with van der Waals surface area (Å²) in [6, 6.07) is 1.54. The highest BCUT2D eigenvalue weighted by Crippen LogP contribution is 2.32. The Morgan fingerprint density at radius 1 is 1.24 bits per heavy atom. The second kappa shape index (κ2) is 7.42. The summed E-state index contributed by atoms with van der Waals surface area (Å²) in [7, 11) is -4.46. The average molecular weight is 409 g/mol. The Morgan fingerprint density at radius 2 is 1.84 bits per heavy atom. The van der Waals surface area contributed by atoms with Crippen molar-refractivity contribution in [3.8, 4) is 0 Å². The van der Waals surface area contributed by atoms with Crippen LogP contribution in [0.1, 0.15) is 17.0 Å².